The molecule has 1 saturated heterocycles. The summed E-state index contributed by atoms with van der Waals surface area (Å²) in [7, 11) is 2.19. The van der Waals surface area contributed by atoms with Crippen molar-refractivity contribution < 1.29 is 9.84 Å². The molecule has 3 nitrogen and oxygen atoms in total. The molecule has 17 heavy (non-hydrogen) atoms. The number of hydrogen-bond donors (Lipinski definition) is 1. The van der Waals surface area contributed by atoms with Gasteiger partial charge >= 0.3 is 0 Å². The fraction of sp³-hybridized carbons (Fsp3) is 1.00. The minimum absolute atomic E-state index is 0.157. The van der Waals surface area contributed by atoms with Gasteiger partial charge < -0.3 is 14.7 Å². The van der Waals surface area contributed by atoms with Crippen molar-refractivity contribution in [2.45, 2.75) is 45.1 Å². The van der Waals surface area contributed by atoms with E-state index in [-0.39, 0.29) is 5.41 Å². The molecule has 1 aliphatic carbocycles. The lowest BCUT2D eigenvalue weighted by atomic mass is 9.71. The normalized spacial score (nSPS) is 38.8. The molecule has 3 heteroatoms. The molecule has 1 atom stereocenters. The summed E-state index contributed by atoms with van der Waals surface area (Å²) in [5.41, 5.74) is 0.157. The number of aliphatic hydroxyl groups excluding tert-OH is 1. The van der Waals surface area contributed by atoms with Crippen LogP contribution in [0.15, 0.2) is 0 Å². The van der Waals surface area contributed by atoms with Gasteiger partial charge in [-0.05, 0) is 32.2 Å². The van der Waals surface area contributed by atoms with Crippen LogP contribution in [0.4, 0.5) is 0 Å². The van der Waals surface area contributed by atoms with Crippen LogP contribution in [0.1, 0.15) is 39.0 Å². The zero-order valence-corrected chi connectivity index (χ0v) is 11.3. The maximum atomic E-state index is 9.76. The summed E-state index contributed by atoms with van der Waals surface area (Å²) >= 11 is 0. The zero-order valence-electron chi connectivity index (χ0n) is 11.3. The van der Waals surface area contributed by atoms with Gasteiger partial charge in [0, 0.05) is 31.2 Å². The van der Waals surface area contributed by atoms with E-state index in [4.69, 9.17) is 4.74 Å². The lowest BCUT2D eigenvalue weighted by Crippen LogP contribution is -2.45. The second-order valence-corrected chi connectivity index (χ2v) is 6.27. The number of hydrogen-bond acceptors (Lipinski definition) is 3. The molecule has 1 unspecified atom stereocenters. The molecule has 0 bridgehead atoms. The quantitative estimate of drug-likeness (QED) is 0.816. The fourth-order valence-electron chi connectivity index (χ4n) is 3.27. The first-order valence-corrected chi connectivity index (χ1v) is 7.04. The Bertz CT molecular complexity index is 230. The van der Waals surface area contributed by atoms with E-state index in [0.717, 1.165) is 32.1 Å². The monoisotopic (exact) mass is 241 g/mol. The van der Waals surface area contributed by atoms with Gasteiger partial charge in [-0.25, -0.2) is 0 Å². The Hall–Kier alpha value is -0.120. The van der Waals surface area contributed by atoms with E-state index in [1.807, 2.05) is 0 Å². The van der Waals surface area contributed by atoms with Crippen molar-refractivity contribution in [3.8, 4) is 0 Å². The highest BCUT2D eigenvalue weighted by Gasteiger charge is 2.36. The highest BCUT2D eigenvalue weighted by Crippen LogP contribution is 2.39. The van der Waals surface area contributed by atoms with E-state index in [0.29, 0.717) is 12.6 Å². The van der Waals surface area contributed by atoms with E-state index in [1.165, 1.54) is 25.7 Å². The molecular weight excluding hydrogens is 214 g/mol. The molecule has 1 saturated carbocycles. The molecule has 0 spiro atoms. The van der Waals surface area contributed by atoms with Gasteiger partial charge in [0.05, 0.1) is 6.61 Å². The van der Waals surface area contributed by atoms with E-state index >= 15 is 0 Å². The molecule has 1 N–H and O–H groups in total. The first kappa shape index (κ1) is 13.3. The van der Waals surface area contributed by atoms with Gasteiger partial charge in [-0.1, -0.05) is 19.8 Å². The summed E-state index contributed by atoms with van der Waals surface area (Å²) in [6.07, 6.45) is 6.06. The van der Waals surface area contributed by atoms with Crippen LogP contribution < -0.4 is 0 Å². The zero-order chi connectivity index (χ0) is 12.3. The topological polar surface area (TPSA) is 32.7 Å². The van der Waals surface area contributed by atoms with Gasteiger partial charge in [0.1, 0.15) is 0 Å². The molecule has 100 valence electrons. The summed E-state index contributed by atoms with van der Waals surface area (Å²) in [5.74, 6) is 0.842. The van der Waals surface area contributed by atoms with Gasteiger partial charge in [-0.2, -0.15) is 0 Å². The molecule has 0 aromatic heterocycles. The van der Waals surface area contributed by atoms with E-state index in [9.17, 15) is 5.11 Å². The van der Waals surface area contributed by atoms with Crippen molar-refractivity contribution in [1.82, 2.24) is 4.90 Å². The average molecular weight is 241 g/mol. The summed E-state index contributed by atoms with van der Waals surface area (Å²) < 4.78 is 5.45. The van der Waals surface area contributed by atoms with Crippen molar-refractivity contribution in [1.29, 1.82) is 0 Å². The van der Waals surface area contributed by atoms with Gasteiger partial charge in [0.25, 0.3) is 0 Å². The Kier molecular flexibility index (Phi) is 4.45. The number of rotatable bonds is 4. The SMILES string of the molecule is CC1CCC(CO)(CN(C)C2CCOC2)CC1. The van der Waals surface area contributed by atoms with E-state index in [1.54, 1.807) is 0 Å². The molecule has 0 aromatic carbocycles. The Balaban J connectivity index is 1.89. The number of nitrogens with zero attached hydrogens (tertiary/aromatic N) is 1. The minimum atomic E-state index is 0.157. The molecular formula is C14H27NO2. The van der Waals surface area contributed by atoms with Crippen LogP contribution in [0, 0.1) is 11.3 Å². The van der Waals surface area contributed by atoms with Crippen LogP contribution in [0.2, 0.25) is 0 Å². The van der Waals surface area contributed by atoms with Crippen LogP contribution in [0.5, 0.6) is 0 Å². The molecule has 0 radical (unpaired) electrons. The third-order valence-corrected chi connectivity index (χ3v) is 4.78. The van der Waals surface area contributed by atoms with Crippen LogP contribution in [0.25, 0.3) is 0 Å². The van der Waals surface area contributed by atoms with Crippen molar-refractivity contribution in [3.63, 3.8) is 0 Å². The van der Waals surface area contributed by atoms with Crippen molar-refractivity contribution in [2.75, 3.05) is 33.4 Å². The Labute approximate surface area is 105 Å². The van der Waals surface area contributed by atoms with Gasteiger partial charge in [-0.15, -0.1) is 0 Å². The highest BCUT2D eigenvalue weighted by atomic mass is 16.5. The second kappa shape index (κ2) is 5.68. The molecule has 2 rings (SSSR count). The smallest absolute Gasteiger partial charge is 0.0622 e. The maximum Gasteiger partial charge on any atom is 0.0622 e. The maximum absolute atomic E-state index is 9.76. The predicted octanol–water partition coefficient (Wildman–Crippen LogP) is 1.90. The highest BCUT2D eigenvalue weighted by molar-refractivity contribution is 4.88. The summed E-state index contributed by atoms with van der Waals surface area (Å²) in [6.45, 7) is 5.48. The summed E-state index contributed by atoms with van der Waals surface area (Å²) in [6, 6.07) is 0.567. The van der Waals surface area contributed by atoms with Crippen molar-refractivity contribution >= 4 is 0 Å². The van der Waals surface area contributed by atoms with E-state index in [2.05, 4.69) is 18.9 Å². The third-order valence-electron chi connectivity index (χ3n) is 4.78. The van der Waals surface area contributed by atoms with Crippen LogP contribution in [-0.4, -0.2) is 49.5 Å². The molecule has 2 aliphatic rings. The largest absolute Gasteiger partial charge is 0.396 e. The van der Waals surface area contributed by atoms with Gasteiger partial charge in [0.2, 0.25) is 0 Å². The Morgan fingerprint density at radius 2 is 2.00 bits per heavy atom. The van der Waals surface area contributed by atoms with Crippen LogP contribution in [0.3, 0.4) is 0 Å². The van der Waals surface area contributed by atoms with Crippen LogP contribution in [-0.2, 0) is 4.74 Å². The molecule has 2 fully saturated rings. The van der Waals surface area contributed by atoms with E-state index < -0.39 is 0 Å². The summed E-state index contributed by atoms with van der Waals surface area (Å²) in [4.78, 5) is 2.42. The fourth-order valence-corrected chi connectivity index (χ4v) is 3.27. The number of likely N-dealkylation sites (N-methyl/N-ethyl adjacent to an activating group) is 1. The lowest BCUT2D eigenvalue weighted by molar-refractivity contribution is 0.0231. The number of aliphatic hydroxyl groups is 1. The van der Waals surface area contributed by atoms with Gasteiger partial charge in [-0.3, -0.25) is 0 Å². The van der Waals surface area contributed by atoms with Crippen LogP contribution >= 0.6 is 0 Å². The number of ether oxygens (including phenoxy) is 1. The standard InChI is InChI=1S/C14H27NO2/c1-12-3-6-14(11-16,7-4-12)10-15(2)13-5-8-17-9-13/h12-13,16H,3-11H2,1-2H3. The molecule has 1 heterocycles. The Morgan fingerprint density at radius 3 is 2.53 bits per heavy atom. The van der Waals surface area contributed by atoms with Crippen molar-refractivity contribution in [2.24, 2.45) is 11.3 Å². The molecule has 1 aliphatic heterocycles. The predicted molar refractivity (Wildman–Crippen MR) is 69.0 cm³/mol. The lowest BCUT2D eigenvalue weighted by Gasteiger charge is -2.41. The third kappa shape index (κ3) is 3.21. The first-order chi connectivity index (χ1) is 8.15. The summed E-state index contributed by atoms with van der Waals surface area (Å²) in [5, 5.41) is 9.76. The first-order valence-electron chi connectivity index (χ1n) is 7.04. The molecule has 0 amide bonds. The second-order valence-electron chi connectivity index (χ2n) is 6.27. The minimum Gasteiger partial charge on any atom is -0.396 e. The van der Waals surface area contributed by atoms with Gasteiger partial charge in [0.15, 0.2) is 0 Å². The Morgan fingerprint density at radius 1 is 1.29 bits per heavy atom. The molecule has 0 aromatic rings. The van der Waals surface area contributed by atoms with Crippen molar-refractivity contribution in [3.05, 3.63) is 0 Å². The average Bonchev–Trinajstić information content (AvgIpc) is 2.86.